The molecule has 0 radical (unpaired) electrons. The standard InChI is InChI=1S/C23H29N3O2/c1-16-8-6-12-24-20(16)22(28)26-13-7-9-17(15-26)21(27)25-19-11-5-10-18(14-19)23(2,3)4/h5-6,8,10-12,14,17H,7,9,13,15H2,1-4H3,(H,25,27). The Morgan fingerprint density at radius 2 is 1.96 bits per heavy atom. The maximum atomic E-state index is 12.8. The minimum absolute atomic E-state index is 0.0232. The average Bonchev–Trinajstić information content (AvgIpc) is 2.67. The molecular formula is C23H29N3O2. The lowest BCUT2D eigenvalue weighted by Crippen LogP contribution is -2.44. The number of piperidine rings is 1. The fourth-order valence-corrected chi connectivity index (χ4v) is 3.54. The van der Waals surface area contributed by atoms with E-state index in [1.54, 1.807) is 11.1 Å². The van der Waals surface area contributed by atoms with E-state index in [0.29, 0.717) is 18.8 Å². The topological polar surface area (TPSA) is 62.3 Å². The number of amides is 2. The van der Waals surface area contributed by atoms with Gasteiger partial charge in [0.15, 0.2) is 0 Å². The second-order valence-electron chi connectivity index (χ2n) is 8.58. The van der Waals surface area contributed by atoms with E-state index in [9.17, 15) is 9.59 Å². The number of rotatable bonds is 3. The molecule has 0 aliphatic carbocycles. The number of aromatic nitrogens is 1. The normalized spacial score (nSPS) is 17.3. The van der Waals surface area contributed by atoms with Crippen molar-refractivity contribution < 1.29 is 9.59 Å². The Morgan fingerprint density at radius 1 is 1.18 bits per heavy atom. The van der Waals surface area contributed by atoms with Gasteiger partial charge >= 0.3 is 0 Å². The van der Waals surface area contributed by atoms with E-state index in [0.717, 1.165) is 24.1 Å². The van der Waals surface area contributed by atoms with Crippen LogP contribution in [-0.2, 0) is 10.2 Å². The predicted octanol–water partition coefficient (Wildman–Crippen LogP) is 4.18. The fourth-order valence-electron chi connectivity index (χ4n) is 3.54. The summed E-state index contributed by atoms with van der Waals surface area (Å²) >= 11 is 0. The van der Waals surface area contributed by atoms with Crippen LogP contribution in [0.25, 0.3) is 0 Å². The van der Waals surface area contributed by atoms with E-state index in [-0.39, 0.29) is 23.1 Å². The number of nitrogens with one attached hydrogen (secondary N) is 1. The quantitative estimate of drug-likeness (QED) is 0.870. The van der Waals surface area contributed by atoms with Gasteiger partial charge in [0.25, 0.3) is 5.91 Å². The van der Waals surface area contributed by atoms with Crippen LogP contribution in [0.5, 0.6) is 0 Å². The van der Waals surface area contributed by atoms with Gasteiger partial charge in [-0.3, -0.25) is 14.6 Å². The molecular weight excluding hydrogens is 350 g/mol. The third-order valence-corrected chi connectivity index (χ3v) is 5.29. The molecule has 5 nitrogen and oxygen atoms in total. The molecule has 2 heterocycles. The summed E-state index contributed by atoms with van der Waals surface area (Å²) in [5.41, 5.74) is 3.34. The molecule has 1 N–H and O–H groups in total. The maximum absolute atomic E-state index is 12.8. The summed E-state index contributed by atoms with van der Waals surface area (Å²) in [5.74, 6) is -0.327. The Bertz CT molecular complexity index is 870. The van der Waals surface area contributed by atoms with Crippen molar-refractivity contribution in [2.24, 2.45) is 5.92 Å². The van der Waals surface area contributed by atoms with Crippen LogP contribution in [-0.4, -0.2) is 34.8 Å². The zero-order valence-electron chi connectivity index (χ0n) is 17.2. The number of carbonyl (C=O) groups is 2. The monoisotopic (exact) mass is 379 g/mol. The molecule has 3 rings (SSSR count). The Morgan fingerprint density at radius 3 is 2.68 bits per heavy atom. The first-order valence-electron chi connectivity index (χ1n) is 9.88. The summed E-state index contributed by atoms with van der Waals surface area (Å²) in [4.78, 5) is 31.7. The fraction of sp³-hybridized carbons (Fsp3) is 0.435. The highest BCUT2D eigenvalue weighted by Gasteiger charge is 2.30. The number of aryl methyl sites for hydroxylation is 1. The Balaban J connectivity index is 1.68. The van der Waals surface area contributed by atoms with Crippen LogP contribution < -0.4 is 5.32 Å². The Labute approximate surface area is 167 Å². The summed E-state index contributed by atoms with van der Waals surface area (Å²) < 4.78 is 0. The molecule has 1 saturated heterocycles. The van der Waals surface area contributed by atoms with Gasteiger partial charge in [-0.1, -0.05) is 39.0 Å². The third kappa shape index (κ3) is 4.58. The molecule has 0 bridgehead atoms. The Hall–Kier alpha value is -2.69. The molecule has 2 amide bonds. The zero-order chi connectivity index (χ0) is 20.3. The molecule has 1 unspecified atom stereocenters. The van der Waals surface area contributed by atoms with Crippen molar-refractivity contribution in [2.45, 2.75) is 46.0 Å². The lowest BCUT2D eigenvalue weighted by molar-refractivity contribution is -0.121. The van der Waals surface area contributed by atoms with Gasteiger partial charge in [0.2, 0.25) is 5.91 Å². The first-order valence-corrected chi connectivity index (χ1v) is 9.88. The molecule has 1 aliphatic rings. The third-order valence-electron chi connectivity index (χ3n) is 5.29. The van der Waals surface area contributed by atoms with Gasteiger partial charge in [0.1, 0.15) is 5.69 Å². The molecule has 1 aliphatic heterocycles. The van der Waals surface area contributed by atoms with E-state index in [1.807, 2.05) is 37.3 Å². The van der Waals surface area contributed by atoms with Gasteiger partial charge in [-0.05, 0) is 54.5 Å². The number of hydrogen-bond acceptors (Lipinski definition) is 3. The van der Waals surface area contributed by atoms with Crippen molar-refractivity contribution in [2.75, 3.05) is 18.4 Å². The van der Waals surface area contributed by atoms with E-state index in [2.05, 4.69) is 37.1 Å². The van der Waals surface area contributed by atoms with Crippen molar-refractivity contribution in [3.8, 4) is 0 Å². The molecule has 0 spiro atoms. The SMILES string of the molecule is Cc1cccnc1C(=O)N1CCCC(C(=O)Nc2cccc(C(C)(C)C)c2)C1. The highest BCUT2D eigenvalue weighted by molar-refractivity contribution is 5.96. The largest absolute Gasteiger partial charge is 0.337 e. The van der Waals surface area contributed by atoms with Crippen LogP contribution in [0.3, 0.4) is 0 Å². The van der Waals surface area contributed by atoms with Gasteiger partial charge < -0.3 is 10.2 Å². The second-order valence-corrected chi connectivity index (χ2v) is 8.58. The van der Waals surface area contributed by atoms with Crippen LogP contribution in [0.15, 0.2) is 42.6 Å². The number of likely N-dealkylation sites (tertiary alicyclic amines) is 1. The van der Waals surface area contributed by atoms with E-state index >= 15 is 0 Å². The van der Waals surface area contributed by atoms with Crippen LogP contribution in [0.1, 0.15) is 55.2 Å². The number of carbonyl (C=O) groups excluding carboxylic acids is 2. The average molecular weight is 380 g/mol. The highest BCUT2D eigenvalue weighted by Crippen LogP contribution is 2.26. The van der Waals surface area contributed by atoms with Crippen molar-refractivity contribution in [3.63, 3.8) is 0 Å². The van der Waals surface area contributed by atoms with E-state index in [4.69, 9.17) is 0 Å². The van der Waals surface area contributed by atoms with Gasteiger partial charge in [-0.25, -0.2) is 0 Å². The molecule has 2 aromatic rings. The number of hydrogen-bond donors (Lipinski definition) is 1. The van der Waals surface area contributed by atoms with Crippen molar-refractivity contribution in [1.82, 2.24) is 9.88 Å². The van der Waals surface area contributed by atoms with E-state index < -0.39 is 0 Å². The first-order chi connectivity index (χ1) is 13.3. The van der Waals surface area contributed by atoms with Crippen LogP contribution in [0.2, 0.25) is 0 Å². The highest BCUT2D eigenvalue weighted by atomic mass is 16.2. The molecule has 28 heavy (non-hydrogen) atoms. The second kappa shape index (κ2) is 8.13. The summed E-state index contributed by atoms with van der Waals surface area (Å²) in [6.07, 6.45) is 3.24. The maximum Gasteiger partial charge on any atom is 0.272 e. The molecule has 5 heteroatoms. The van der Waals surface area contributed by atoms with Gasteiger partial charge in [0, 0.05) is 25.0 Å². The smallest absolute Gasteiger partial charge is 0.272 e. The minimum Gasteiger partial charge on any atom is -0.337 e. The van der Waals surface area contributed by atoms with Gasteiger partial charge in [-0.15, -0.1) is 0 Å². The summed E-state index contributed by atoms with van der Waals surface area (Å²) in [6.45, 7) is 9.43. The first kappa shape index (κ1) is 20.1. The van der Waals surface area contributed by atoms with Gasteiger partial charge in [0.05, 0.1) is 5.92 Å². The minimum atomic E-state index is -0.208. The zero-order valence-corrected chi connectivity index (χ0v) is 17.2. The van der Waals surface area contributed by atoms with Crippen LogP contribution >= 0.6 is 0 Å². The summed E-state index contributed by atoms with van der Waals surface area (Å²) in [7, 11) is 0. The number of nitrogens with zero attached hydrogens (tertiary/aromatic N) is 2. The van der Waals surface area contributed by atoms with Crippen molar-refractivity contribution in [3.05, 3.63) is 59.4 Å². The molecule has 1 aromatic heterocycles. The Kier molecular flexibility index (Phi) is 5.82. The summed E-state index contributed by atoms with van der Waals surface area (Å²) in [6, 6.07) is 11.7. The van der Waals surface area contributed by atoms with Crippen molar-refractivity contribution in [1.29, 1.82) is 0 Å². The molecule has 0 saturated carbocycles. The molecule has 1 aromatic carbocycles. The number of benzene rings is 1. The lowest BCUT2D eigenvalue weighted by atomic mass is 9.87. The van der Waals surface area contributed by atoms with Crippen LogP contribution in [0, 0.1) is 12.8 Å². The van der Waals surface area contributed by atoms with Crippen molar-refractivity contribution >= 4 is 17.5 Å². The summed E-state index contributed by atoms with van der Waals surface area (Å²) in [5, 5.41) is 3.04. The molecule has 1 atom stereocenters. The molecule has 148 valence electrons. The number of pyridine rings is 1. The number of anilines is 1. The molecule has 1 fully saturated rings. The predicted molar refractivity (Wildman–Crippen MR) is 111 cm³/mol. The van der Waals surface area contributed by atoms with Crippen LogP contribution in [0.4, 0.5) is 5.69 Å². The van der Waals surface area contributed by atoms with Gasteiger partial charge in [-0.2, -0.15) is 0 Å². The lowest BCUT2D eigenvalue weighted by Gasteiger charge is -2.32. The van der Waals surface area contributed by atoms with E-state index in [1.165, 1.54) is 5.56 Å².